The molecule has 0 spiro atoms. The number of aliphatic hydroxyl groups is 1. The number of aliphatic hydroxyl groups excluding tert-OH is 1. The summed E-state index contributed by atoms with van der Waals surface area (Å²) in [7, 11) is 2.09. The van der Waals surface area contributed by atoms with E-state index in [1.54, 1.807) is 0 Å². The largest absolute Gasteiger partial charge is 0.392 e. The SMILES string of the molecule is CN(c1cc(Br)ccc1CO)C1CCOCC1. The molecule has 1 saturated heterocycles. The number of nitrogens with zero attached hydrogens (tertiary/aromatic N) is 1. The Balaban J connectivity index is 2.21. The Labute approximate surface area is 111 Å². The highest BCUT2D eigenvalue weighted by Gasteiger charge is 2.20. The van der Waals surface area contributed by atoms with Gasteiger partial charge in [-0.2, -0.15) is 0 Å². The minimum Gasteiger partial charge on any atom is -0.392 e. The summed E-state index contributed by atoms with van der Waals surface area (Å²) in [6, 6.07) is 6.51. The van der Waals surface area contributed by atoms with Crippen molar-refractivity contribution >= 4 is 21.6 Å². The van der Waals surface area contributed by atoms with Gasteiger partial charge >= 0.3 is 0 Å². The normalized spacial score (nSPS) is 17.1. The Kier molecular flexibility index (Phi) is 4.42. The molecule has 3 nitrogen and oxygen atoms in total. The van der Waals surface area contributed by atoms with Crippen molar-refractivity contribution in [1.82, 2.24) is 0 Å². The van der Waals surface area contributed by atoms with Crippen molar-refractivity contribution in [3.8, 4) is 0 Å². The first-order valence-corrected chi connectivity index (χ1v) is 6.71. The molecule has 0 radical (unpaired) electrons. The summed E-state index contributed by atoms with van der Waals surface area (Å²) in [5, 5.41) is 9.39. The zero-order valence-electron chi connectivity index (χ0n) is 10.0. The van der Waals surface area contributed by atoms with Crippen LogP contribution < -0.4 is 4.90 Å². The second kappa shape index (κ2) is 5.85. The monoisotopic (exact) mass is 299 g/mol. The third kappa shape index (κ3) is 3.00. The molecule has 1 heterocycles. The lowest BCUT2D eigenvalue weighted by Crippen LogP contribution is -2.37. The summed E-state index contributed by atoms with van der Waals surface area (Å²) < 4.78 is 6.43. The molecule has 0 aromatic heterocycles. The van der Waals surface area contributed by atoms with Gasteiger partial charge < -0.3 is 14.7 Å². The van der Waals surface area contributed by atoms with E-state index in [9.17, 15) is 5.11 Å². The topological polar surface area (TPSA) is 32.7 Å². The zero-order valence-corrected chi connectivity index (χ0v) is 11.6. The van der Waals surface area contributed by atoms with Crippen LogP contribution in [0.1, 0.15) is 18.4 Å². The fourth-order valence-corrected chi connectivity index (χ4v) is 2.62. The first-order valence-electron chi connectivity index (χ1n) is 5.92. The van der Waals surface area contributed by atoms with Crippen LogP contribution in [0.2, 0.25) is 0 Å². The predicted molar refractivity (Wildman–Crippen MR) is 72.3 cm³/mol. The average molecular weight is 300 g/mol. The molecule has 94 valence electrons. The number of halogens is 1. The Morgan fingerprint density at radius 2 is 2.12 bits per heavy atom. The molecule has 17 heavy (non-hydrogen) atoms. The van der Waals surface area contributed by atoms with Gasteiger partial charge in [-0.05, 0) is 25.0 Å². The molecule has 1 aromatic rings. The Hall–Kier alpha value is -0.580. The van der Waals surface area contributed by atoms with Gasteiger partial charge in [0, 0.05) is 42.0 Å². The lowest BCUT2D eigenvalue weighted by atomic mass is 10.1. The van der Waals surface area contributed by atoms with E-state index < -0.39 is 0 Å². The fraction of sp³-hybridized carbons (Fsp3) is 0.538. The second-order valence-electron chi connectivity index (χ2n) is 4.39. The molecule has 0 aliphatic carbocycles. The molecular formula is C13H18BrNO2. The van der Waals surface area contributed by atoms with Gasteiger partial charge in [0.25, 0.3) is 0 Å². The van der Waals surface area contributed by atoms with Gasteiger partial charge in [0.1, 0.15) is 0 Å². The molecule has 1 aliphatic rings. The lowest BCUT2D eigenvalue weighted by Gasteiger charge is -2.34. The van der Waals surface area contributed by atoms with Gasteiger partial charge in [-0.1, -0.05) is 22.0 Å². The van der Waals surface area contributed by atoms with Crippen LogP contribution in [0.4, 0.5) is 5.69 Å². The Morgan fingerprint density at radius 3 is 2.76 bits per heavy atom. The van der Waals surface area contributed by atoms with Crippen LogP contribution in [0.15, 0.2) is 22.7 Å². The van der Waals surface area contributed by atoms with Gasteiger partial charge in [-0.3, -0.25) is 0 Å². The van der Waals surface area contributed by atoms with Gasteiger partial charge in [0.05, 0.1) is 6.61 Å². The van der Waals surface area contributed by atoms with Gasteiger partial charge in [0.15, 0.2) is 0 Å². The molecule has 1 aromatic carbocycles. The summed E-state index contributed by atoms with van der Waals surface area (Å²) in [4.78, 5) is 2.26. The van der Waals surface area contributed by atoms with Crippen LogP contribution in [0.25, 0.3) is 0 Å². The first-order chi connectivity index (χ1) is 8.22. The van der Waals surface area contributed by atoms with E-state index in [2.05, 4.69) is 33.9 Å². The molecule has 0 unspecified atom stereocenters. The van der Waals surface area contributed by atoms with Crippen LogP contribution >= 0.6 is 15.9 Å². The van der Waals surface area contributed by atoms with Crippen LogP contribution in [0.5, 0.6) is 0 Å². The summed E-state index contributed by atoms with van der Waals surface area (Å²) in [6.07, 6.45) is 2.10. The molecule has 4 heteroatoms. The smallest absolute Gasteiger partial charge is 0.0702 e. The maximum absolute atomic E-state index is 9.39. The van der Waals surface area contributed by atoms with Crippen molar-refractivity contribution in [2.24, 2.45) is 0 Å². The van der Waals surface area contributed by atoms with E-state index in [1.165, 1.54) is 0 Å². The second-order valence-corrected chi connectivity index (χ2v) is 5.30. The number of hydrogen-bond donors (Lipinski definition) is 1. The van der Waals surface area contributed by atoms with Gasteiger partial charge in [-0.25, -0.2) is 0 Å². The maximum Gasteiger partial charge on any atom is 0.0702 e. The quantitative estimate of drug-likeness (QED) is 0.931. The van der Waals surface area contributed by atoms with E-state index in [4.69, 9.17) is 4.74 Å². The molecule has 0 amide bonds. The van der Waals surface area contributed by atoms with Crippen molar-refractivity contribution in [2.45, 2.75) is 25.5 Å². The number of rotatable bonds is 3. The van der Waals surface area contributed by atoms with Crippen molar-refractivity contribution in [3.05, 3.63) is 28.2 Å². The summed E-state index contributed by atoms with van der Waals surface area (Å²) in [5.74, 6) is 0. The third-order valence-corrected chi connectivity index (χ3v) is 3.83. The Bertz CT molecular complexity index is 378. The number of anilines is 1. The van der Waals surface area contributed by atoms with Crippen molar-refractivity contribution in [1.29, 1.82) is 0 Å². The molecule has 0 atom stereocenters. The third-order valence-electron chi connectivity index (χ3n) is 3.34. The van der Waals surface area contributed by atoms with E-state index in [-0.39, 0.29) is 6.61 Å². The fourth-order valence-electron chi connectivity index (χ4n) is 2.27. The minimum atomic E-state index is 0.0795. The maximum atomic E-state index is 9.39. The lowest BCUT2D eigenvalue weighted by molar-refractivity contribution is 0.0854. The highest BCUT2D eigenvalue weighted by atomic mass is 79.9. The highest BCUT2D eigenvalue weighted by molar-refractivity contribution is 9.10. The summed E-state index contributed by atoms with van der Waals surface area (Å²) in [5.41, 5.74) is 2.08. The number of benzene rings is 1. The zero-order chi connectivity index (χ0) is 12.3. The minimum absolute atomic E-state index is 0.0795. The van der Waals surface area contributed by atoms with Crippen LogP contribution in [0, 0.1) is 0 Å². The molecule has 1 N–H and O–H groups in total. The van der Waals surface area contributed by atoms with Crippen molar-refractivity contribution < 1.29 is 9.84 Å². The summed E-state index contributed by atoms with van der Waals surface area (Å²) >= 11 is 3.48. The average Bonchev–Trinajstić information content (AvgIpc) is 2.39. The standard InChI is InChI=1S/C13H18BrNO2/c1-15(12-4-6-17-7-5-12)13-8-11(14)3-2-10(13)9-16/h2-3,8,12,16H,4-7,9H2,1H3. The van der Waals surface area contributed by atoms with Crippen LogP contribution in [-0.4, -0.2) is 31.4 Å². The number of ether oxygens (including phenoxy) is 1. The van der Waals surface area contributed by atoms with E-state index in [0.29, 0.717) is 6.04 Å². The van der Waals surface area contributed by atoms with Crippen molar-refractivity contribution in [2.75, 3.05) is 25.2 Å². The van der Waals surface area contributed by atoms with Gasteiger partial charge in [-0.15, -0.1) is 0 Å². The van der Waals surface area contributed by atoms with Crippen molar-refractivity contribution in [3.63, 3.8) is 0 Å². The van der Waals surface area contributed by atoms with E-state index in [1.807, 2.05) is 12.1 Å². The summed E-state index contributed by atoms with van der Waals surface area (Å²) in [6.45, 7) is 1.74. The first kappa shape index (κ1) is 12.9. The molecule has 0 bridgehead atoms. The Morgan fingerprint density at radius 1 is 1.41 bits per heavy atom. The van der Waals surface area contributed by atoms with Gasteiger partial charge in [0.2, 0.25) is 0 Å². The molecule has 2 rings (SSSR count). The van der Waals surface area contributed by atoms with E-state index in [0.717, 1.165) is 41.8 Å². The molecule has 0 saturated carbocycles. The highest BCUT2D eigenvalue weighted by Crippen LogP contribution is 2.28. The molecular weight excluding hydrogens is 282 g/mol. The van der Waals surface area contributed by atoms with Crippen LogP contribution in [0.3, 0.4) is 0 Å². The predicted octanol–water partition coefficient (Wildman–Crippen LogP) is 2.56. The van der Waals surface area contributed by atoms with Crippen LogP contribution in [-0.2, 0) is 11.3 Å². The number of hydrogen-bond acceptors (Lipinski definition) is 3. The van der Waals surface area contributed by atoms with E-state index >= 15 is 0 Å². The molecule has 1 aliphatic heterocycles. The molecule has 1 fully saturated rings.